The maximum Gasteiger partial charge on any atom is 0.338 e. The highest BCUT2D eigenvalue weighted by atomic mass is 32.2. The number of benzene rings is 1. The van der Waals surface area contributed by atoms with E-state index in [4.69, 9.17) is 4.74 Å². The number of esters is 1. The Balaban J connectivity index is 2.32. The summed E-state index contributed by atoms with van der Waals surface area (Å²) in [5.74, 6) is 0.0444. The van der Waals surface area contributed by atoms with Crippen molar-refractivity contribution in [3.8, 4) is 0 Å². The van der Waals surface area contributed by atoms with Gasteiger partial charge in [0, 0.05) is 6.26 Å². The zero-order valence-electron chi connectivity index (χ0n) is 13.7. The lowest BCUT2D eigenvalue weighted by atomic mass is 9.87. The van der Waals surface area contributed by atoms with Crippen molar-refractivity contribution in [1.82, 2.24) is 0 Å². The molecule has 0 N–H and O–H groups in total. The summed E-state index contributed by atoms with van der Waals surface area (Å²) in [5, 5.41) is 0. The molecule has 0 unspecified atom stereocenters. The van der Waals surface area contributed by atoms with E-state index >= 15 is 0 Å². The van der Waals surface area contributed by atoms with Crippen LogP contribution >= 0.6 is 0 Å². The van der Waals surface area contributed by atoms with Crippen molar-refractivity contribution >= 4 is 21.4 Å². The minimum Gasteiger partial charge on any atom is -0.462 e. The third-order valence-electron chi connectivity index (χ3n) is 4.14. The first-order valence-corrected chi connectivity index (χ1v) is 10.0. The second-order valence-corrected chi connectivity index (χ2v) is 8.01. The highest BCUT2D eigenvalue weighted by molar-refractivity contribution is 7.90. The zero-order valence-corrected chi connectivity index (χ0v) is 14.6. The van der Waals surface area contributed by atoms with Gasteiger partial charge in [0.1, 0.15) is 0 Å². The Morgan fingerprint density at radius 1 is 1.17 bits per heavy atom. The third kappa shape index (κ3) is 4.93. The van der Waals surface area contributed by atoms with Gasteiger partial charge in [-0.3, -0.25) is 0 Å². The topological polar surface area (TPSA) is 60.4 Å². The van der Waals surface area contributed by atoms with Crippen LogP contribution in [0.5, 0.6) is 0 Å². The Labute approximate surface area is 138 Å². The van der Waals surface area contributed by atoms with Gasteiger partial charge in [-0.2, -0.15) is 0 Å². The molecule has 0 radical (unpaired) electrons. The van der Waals surface area contributed by atoms with E-state index in [9.17, 15) is 13.2 Å². The average Bonchev–Trinajstić information content (AvgIpc) is 2.53. The van der Waals surface area contributed by atoms with E-state index in [2.05, 4.69) is 0 Å². The predicted molar refractivity (Wildman–Crippen MR) is 90.7 cm³/mol. The summed E-state index contributed by atoms with van der Waals surface area (Å²) >= 11 is 0. The fourth-order valence-corrected chi connectivity index (χ4v) is 3.54. The Bertz CT molecular complexity index is 665. The van der Waals surface area contributed by atoms with Crippen LogP contribution in [-0.2, 0) is 19.4 Å². The summed E-state index contributed by atoms with van der Waals surface area (Å²) in [7, 11) is -3.24. The van der Waals surface area contributed by atoms with Crippen LogP contribution in [0.25, 0.3) is 5.57 Å². The van der Waals surface area contributed by atoms with E-state index in [-0.39, 0.29) is 10.9 Å². The molecule has 0 spiro atoms. The van der Waals surface area contributed by atoms with Crippen LogP contribution in [0.1, 0.15) is 44.6 Å². The summed E-state index contributed by atoms with van der Waals surface area (Å²) in [6.45, 7) is 2.10. The van der Waals surface area contributed by atoms with E-state index in [0.29, 0.717) is 23.7 Å². The number of carbonyl (C=O) groups excluding carboxylic acids is 1. The molecule has 2 rings (SSSR count). The smallest absolute Gasteiger partial charge is 0.338 e. The van der Waals surface area contributed by atoms with Crippen LogP contribution in [0.15, 0.2) is 35.2 Å². The normalized spacial score (nSPS) is 17.0. The molecule has 1 aliphatic carbocycles. The van der Waals surface area contributed by atoms with Crippen molar-refractivity contribution in [3.05, 3.63) is 35.9 Å². The molecule has 1 aromatic carbocycles. The zero-order chi connectivity index (χ0) is 16.9. The van der Waals surface area contributed by atoms with Gasteiger partial charge in [0.05, 0.1) is 17.1 Å². The minimum absolute atomic E-state index is 0.252. The molecule has 126 valence electrons. The van der Waals surface area contributed by atoms with Crippen LogP contribution in [0.2, 0.25) is 0 Å². The minimum atomic E-state index is -3.24. The van der Waals surface area contributed by atoms with E-state index in [0.717, 1.165) is 12.8 Å². The Morgan fingerprint density at radius 2 is 1.78 bits per heavy atom. The fourth-order valence-electron chi connectivity index (χ4n) is 2.91. The van der Waals surface area contributed by atoms with Crippen molar-refractivity contribution in [2.45, 2.75) is 43.9 Å². The summed E-state index contributed by atoms with van der Waals surface area (Å²) in [6.07, 6.45) is 8.98. The third-order valence-corrected chi connectivity index (χ3v) is 5.27. The Morgan fingerprint density at radius 3 is 2.30 bits per heavy atom. The summed E-state index contributed by atoms with van der Waals surface area (Å²) < 4.78 is 28.3. The molecule has 0 amide bonds. The van der Waals surface area contributed by atoms with Gasteiger partial charge in [-0.1, -0.05) is 37.5 Å². The van der Waals surface area contributed by atoms with E-state index < -0.39 is 9.84 Å². The van der Waals surface area contributed by atoms with E-state index in [1.807, 2.05) is 6.08 Å². The van der Waals surface area contributed by atoms with Crippen LogP contribution in [0, 0.1) is 5.92 Å². The van der Waals surface area contributed by atoms with Crippen molar-refractivity contribution < 1.29 is 17.9 Å². The highest BCUT2D eigenvalue weighted by Crippen LogP contribution is 2.29. The van der Waals surface area contributed by atoms with Crippen LogP contribution < -0.4 is 0 Å². The molecule has 0 atom stereocenters. The lowest BCUT2D eigenvalue weighted by Gasteiger charge is -2.19. The molecule has 23 heavy (non-hydrogen) atoms. The predicted octanol–water partition coefficient (Wildman–Crippen LogP) is 3.62. The SMILES string of the molecule is CCOC(=O)/C(=C/C1CCCCC1)c1ccc(S(C)(=O)=O)cc1. The van der Waals surface area contributed by atoms with Gasteiger partial charge in [-0.25, -0.2) is 13.2 Å². The monoisotopic (exact) mass is 336 g/mol. The number of sulfone groups is 1. The molecule has 1 aromatic rings. The summed E-state index contributed by atoms with van der Waals surface area (Å²) in [4.78, 5) is 12.5. The fraction of sp³-hybridized carbons (Fsp3) is 0.500. The molecule has 0 bridgehead atoms. The van der Waals surface area contributed by atoms with Gasteiger partial charge in [0.2, 0.25) is 0 Å². The molecule has 1 fully saturated rings. The number of ether oxygens (including phenoxy) is 1. The highest BCUT2D eigenvalue weighted by Gasteiger charge is 2.19. The largest absolute Gasteiger partial charge is 0.462 e. The molecule has 0 heterocycles. The molecule has 1 saturated carbocycles. The first-order valence-electron chi connectivity index (χ1n) is 8.11. The lowest BCUT2D eigenvalue weighted by Crippen LogP contribution is -2.11. The standard InChI is InChI=1S/C18H24O4S/c1-3-22-18(19)17(13-14-7-5-4-6-8-14)15-9-11-16(12-10-15)23(2,20)21/h9-14H,3-8H2,1-2H3/b17-13+. The summed E-state index contributed by atoms with van der Waals surface area (Å²) in [6, 6.07) is 6.45. The molecular weight excluding hydrogens is 312 g/mol. The van der Waals surface area contributed by atoms with Gasteiger partial charge >= 0.3 is 5.97 Å². The van der Waals surface area contributed by atoms with E-state index in [1.165, 1.54) is 25.5 Å². The van der Waals surface area contributed by atoms with Crippen molar-refractivity contribution in [2.75, 3.05) is 12.9 Å². The molecule has 5 heteroatoms. The Kier molecular flexibility index (Phi) is 5.99. The van der Waals surface area contributed by atoms with Gasteiger partial charge < -0.3 is 4.74 Å². The molecule has 4 nitrogen and oxygen atoms in total. The van der Waals surface area contributed by atoms with Gasteiger partial charge in [-0.15, -0.1) is 0 Å². The summed E-state index contributed by atoms with van der Waals surface area (Å²) in [5.41, 5.74) is 1.25. The molecule has 0 saturated heterocycles. The average molecular weight is 336 g/mol. The number of hydrogen-bond acceptors (Lipinski definition) is 4. The maximum absolute atomic E-state index is 12.3. The second-order valence-electron chi connectivity index (χ2n) is 6.00. The number of hydrogen-bond donors (Lipinski definition) is 0. The molecule has 0 aliphatic heterocycles. The van der Waals surface area contributed by atoms with Crippen LogP contribution in [0.4, 0.5) is 0 Å². The quantitative estimate of drug-likeness (QED) is 0.609. The van der Waals surface area contributed by atoms with Crippen LogP contribution in [0.3, 0.4) is 0 Å². The Hall–Kier alpha value is -1.62. The van der Waals surface area contributed by atoms with Gasteiger partial charge in [-0.05, 0) is 43.4 Å². The second kappa shape index (κ2) is 7.77. The number of rotatable bonds is 5. The number of allylic oxidation sites excluding steroid dienone is 1. The van der Waals surface area contributed by atoms with Crippen molar-refractivity contribution in [1.29, 1.82) is 0 Å². The van der Waals surface area contributed by atoms with Gasteiger partial charge in [0.15, 0.2) is 9.84 Å². The van der Waals surface area contributed by atoms with Crippen LogP contribution in [-0.4, -0.2) is 27.2 Å². The van der Waals surface area contributed by atoms with Crippen molar-refractivity contribution in [2.24, 2.45) is 5.92 Å². The molecule has 1 aliphatic rings. The number of carbonyl (C=O) groups is 1. The molecular formula is C18H24O4S. The first-order chi connectivity index (χ1) is 10.9. The lowest BCUT2D eigenvalue weighted by molar-refractivity contribution is -0.136. The van der Waals surface area contributed by atoms with Crippen molar-refractivity contribution in [3.63, 3.8) is 0 Å². The molecule has 0 aromatic heterocycles. The first kappa shape index (κ1) is 17.7. The van der Waals surface area contributed by atoms with E-state index in [1.54, 1.807) is 31.2 Å². The van der Waals surface area contributed by atoms with Gasteiger partial charge in [0.25, 0.3) is 0 Å². The maximum atomic E-state index is 12.3.